The van der Waals surface area contributed by atoms with E-state index in [-0.39, 0.29) is 12.4 Å². The first-order chi connectivity index (χ1) is 13.4. The molecule has 0 saturated heterocycles. The number of benzene rings is 2. The molecular weight excluding hydrogens is 382 g/mol. The van der Waals surface area contributed by atoms with Crippen LogP contribution in [0.2, 0.25) is 5.02 Å². The van der Waals surface area contributed by atoms with Crippen LogP contribution in [0.3, 0.4) is 0 Å². The molecule has 3 aromatic rings. The first-order valence-corrected chi connectivity index (χ1v) is 9.10. The van der Waals surface area contributed by atoms with E-state index in [1.807, 2.05) is 24.0 Å². The fraction of sp³-hybridized carbons (Fsp3) is 0.238. The van der Waals surface area contributed by atoms with Crippen LogP contribution in [0.1, 0.15) is 27.0 Å². The van der Waals surface area contributed by atoms with Gasteiger partial charge in [-0.2, -0.15) is 0 Å². The second kappa shape index (κ2) is 6.87. The van der Waals surface area contributed by atoms with Gasteiger partial charge >= 0.3 is 11.6 Å². The Hall–Kier alpha value is -2.99. The highest BCUT2D eigenvalue weighted by Gasteiger charge is 2.26. The molecule has 0 bridgehead atoms. The van der Waals surface area contributed by atoms with Crippen LogP contribution in [0, 0.1) is 13.8 Å². The van der Waals surface area contributed by atoms with E-state index in [2.05, 4.69) is 0 Å². The maximum atomic E-state index is 12.2. The lowest BCUT2D eigenvalue weighted by atomic mass is 10.0. The summed E-state index contributed by atoms with van der Waals surface area (Å²) in [5, 5.41) is 1.28. The molecule has 1 aliphatic rings. The molecule has 2 aromatic carbocycles. The molecule has 0 amide bonds. The first kappa shape index (κ1) is 18.4. The highest BCUT2D eigenvalue weighted by molar-refractivity contribution is 6.33. The van der Waals surface area contributed by atoms with Crippen molar-refractivity contribution in [2.45, 2.75) is 20.4 Å². The van der Waals surface area contributed by atoms with Gasteiger partial charge in [-0.1, -0.05) is 11.6 Å². The minimum Gasteiger partial charge on any atom is -0.471 e. The minimum absolute atomic E-state index is 0.283. The molecule has 0 saturated carbocycles. The zero-order chi connectivity index (χ0) is 20.0. The van der Waals surface area contributed by atoms with Crippen LogP contribution in [-0.4, -0.2) is 19.8 Å². The van der Waals surface area contributed by atoms with Crippen molar-refractivity contribution >= 4 is 34.2 Å². The average molecular weight is 400 g/mol. The number of hydrogen-bond donors (Lipinski definition) is 0. The lowest BCUT2D eigenvalue weighted by Gasteiger charge is -2.31. The molecule has 7 heteroatoms. The van der Waals surface area contributed by atoms with Gasteiger partial charge in [0.25, 0.3) is 0 Å². The Balaban J connectivity index is 1.78. The molecular formula is C21H18ClNO5. The van der Waals surface area contributed by atoms with E-state index in [0.717, 1.165) is 22.2 Å². The fourth-order valence-corrected chi connectivity index (χ4v) is 3.64. The second-order valence-electron chi connectivity index (χ2n) is 6.69. The molecule has 0 unspecified atom stereocenters. The Labute approximate surface area is 166 Å². The third-order valence-electron chi connectivity index (χ3n) is 5.12. The molecule has 6 nitrogen and oxygen atoms in total. The Morgan fingerprint density at radius 3 is 2.57 bits per heavy atom. The first-order valence-electron chi connectivity index (χ1n) is 8.72. The molecule has 1 aliphatic heterocycles. The maximum absolute atomic E-state index is 12.2. The summed E-state index contributed by atoms with van der Waals surface area (Å²) < 4.78 is 16.2. The fourth-order valence-electron chi connectivity index (χ4n) is 3.36. The van der Waals surface area contributed by atoms with E-state index in [0.29, 0.717) is 34.0 Å². The van der Waals surface area contributed by atoms with Gasteiger partial charge in [0.1, 0.15) is 11.3 Å². The van der Waals surface area contributed by atoms with Crippen LogP contribution in [0.4, 0.5) is 5.69 Å². The largest absolute Gasteiger partial charge is 0.471 e. The zero-order valence-electron chi connectivity index (χ0n) is 15.7. The number of anilines is 1. The molecule has 144 valence electrons. The molecule has 2 heterocycles. The minimum atomic E-state index is -0.391. The number of esters is 1. The van der Waals surface area contributed by atoms with E-state index < -0.39 is 5.97 Å². The van der Waals surface area contributed by atoms with Crippen molar-refractivity contribution in [1.82, 2.24) is 0 Å². The molecule has 0 N–H and O–H groups in total. The quantitative estimate of drug-likeness (QED) is 0.475. The van der Waals surface area contributed by atoms with Gasteiger partial charge in [-0.3, -0.25) is 0 Å². The SMILES string of the molecule is COC(=O)c1ccc(N2COc3c(Cl)cc4c(C)c(C)c(=O)oc4c3C2)cc1. The molecule has 0 atom stereocenters. The number of rotatable bonds is 2. The molecule has 28 heavy (non-hydrogen) atoms. The standard InChI is InChI=1S/C21H18ClNO5/c1-11-12(2)20(24)28-18-15(11)8-17(22)19-16(18)9-23(10-27-19)14-6-4-13(5-7-14)21(25)26-3/h4-8H,9-10H2,1-3H3. The summed E-state index contributed by atoms with van der Waals surface area (Å²) in [4.78, 5) is 25.8. The van der Waals surface area contributed by atoms with Crippen LogP contribution in [-0.2, 0) is 11.3 Å². The van der Waals surface area contributed by atoms with Crippen LogP contribution in [0.25, 0.3) is 11.0 Å². The van der Waals surface area contributed by atoms with Crippen LogP contribution >= 0.6 is 11.6 Å². The smallest absolute Gasteiger partial charge is 0.339 e. The van der Waals surface area contributed by atoms with Crippen molar-refractivity contribution in [1.29, 1.82) is 0 Å². The summed E-state index contributed by atoms with van der Waals surface area (Å²) in [5.41, 5.74) is 3.59. The number of nitrogens with zero attached hydrogens (tertiary/aromatic N) is 1. The topological polar surface area (TPSA) is 69.0 Å². The highest BCUT2D eigenvalue weighted by Crippen LogP contribution is 2.40. The van der Waals surface area contributed by atoms with E-state index in [9.17, 15) is 9.59 Å². The lowest BCUT2D eigenvalue weighted by molar-refractivity contribution is 0.0601. The summed E-state index contributed by atoms with van der Waals surface area (Å²) in [6.45, 7) is 4.35. The summed E-state index contributed by atoms with van der Waals surface area (Å²) in [6, 6.07) is 8.81. The van der Waals surface area contributed by atoms with Gasteiger partial charge in [0.05, 0.1) is 29.8 Å². The van der Waals surface area contributed by atoms with Crippen LogP contribution in [0.5, 0.6) is 5.75 Å². The normalized spacial score (nSPS) is 13.2. The summed E-state index contributed by atoms with van der Waals surface area (Å²) >= 11 is 6.44. The van der Waals surface area contributed by atoms with Crippen LogP contribution < -0.4 is 15.3 Å². The highest BCUT2D eigenvalue weighted by atomic mass is 35.5. The zero-order valence-corrected chi connectivity index (χ0v) is 16.4. The van der Waals surface area contributed by atoms with E-state index in [1.165, 1.54) is 7.11 Å². The van der Waals surface area contributed by atoms with Gasteiger partial charge in [0.2, 0.25) is 0 Å². The van der Waals surface area contributed by atoms with Gasteiger partial charge in [-0.05, 0) is 49.7 Å². The number of fused-ring (bicyclic) bond motifs is 3. The predicted octanol–water partition coefficient (Wildman–Crippen LogP) is 4.21. The van der Waals surface area contributed by atoms with Crippen molar-refractivity contribution in [2.24, 2.45) is 0 Å². The number of ether oxygens (including phenoxy) is 2. The molecule has 0 fully saturated rings. The van der Waals surface area contributed by atoms with Crippen LogP contribution in [0.15, 0.2) is 39.5 Å². The number of hydrogen-bond acceptors (Lipinski definition) is 6. The molecule has 1 aromatic heterocycles. The number of carbonyl (C=O) groups excluding carboxylic acids is 1. The Morgan fingerprint density at radius 2 is 1.89 bits per heavy atom. The molecule has 4 rings (SSSR count). The van der Waals surface area contributed by atoms with E-state index >= 15 is 0 Å². The van der Waals surface area contributed by atoms with Gasteiger partial charge in [0.15, 0.2) is 6.73 Å². The van der Waals surface area contributed by atoms with Gasteiger partial charge in [-0.25, -0.2) is 9.59 Å². The number of methoxy groups -OCH3 is 1. The van der Waals surface area contributed by atoms with Crippen molar-refractivity contribution < 1.29 is 18.7 Å². The second-order valence-corrected chi connectivity index (χ2v) is 7.10. The number of aryl methyl sites for hydroxylation is 1. The number of carbonyl (C=O) groups is 1. The monoisotopic (exact) mass is 399 g/mol. The van der Waals surface area contributed by atoms with Crippen molar-refractivity contribution in [2.75, 3.05) is 18.7 Å². The molecule has 0 radical (unpaired) electrons. The summed E-state index contributed by atoms with van der Waals surface area (Å²) in [7, 11) is 1.35. The Kier molecular flexibility index (Phi) is 4.51. The molecule has 0 aliphatic carbocycles. The van der Waals surface area contributed by atoms with Gasteiger partial charge in [0, 0.05) is 16.6 Å². The third-order valence-corrected chi connectivity index (χ3v) is 5.40. The Bertz CT molecular complexity index is 1150. The van der Waals surface area contributed by atoms with E-state index in [1.54, 1.807) is 25.1 Å². The van der Waals surface area contributed by atoms with Gasteiger partial charge in [-0.15, -0.1) is 0 Å². The van der Waals surface area contributed by atoms with Crippen molar-refractivity contribution in [3.63, 3.8) is 0 Å². The molecule has 0 spiro atoms. The lowest BCUT2D eigenvalue weighted by Crippen LogP contribution is -2.32. The van der Waals surface area contributed by atoms with E-state index in [4.69, 9.17) is 25.5 Å². The third kappa shape index (κ3) is 2.90. The van der Waals surface area contributed by atoms with Crippen molar-refractivity contribution in [3.05, 3.63) is 68.0 Å². The summed E-state index contributed by atoms with van der Waals surface area (Å²) in [5.74, 6) is 0.139. The number of halogens is 1. The predicted molar refractivity (Wildman–Crippen MR) is 106 cm³/mol. The summed E-state index contributed by atoms with van der Waals surface area (Å²) in [6.07, 6.45) is 0. The van der Waals surface area contributed by atoms with Crippen molar-refractivity contribution in [3.8, 4) is 5.75 Å². The maximum Gasteiger partial charge on any atom is 0.339 e. The van der Waals surface area contributed by atoms with Gasteiger partial charge < -0.3 is 18.8 Å². The average Bonchev–Trinajstić information content (AvgIpc) is 2.72. The Morgan fingerprint density at radius 1 is 1.18 bits per heavy atom.